The van der Waals surface area contributed by atoms with E-state index in [4.69, 9.17) is 28.3 Å². The van der Waals surface area contributed by atoms with Crippen LogP contribution in [0, 0.1) is 0 Å². The van der Waals surface area contributed by atoms with Crippen LogP contribution >= 0.6 is 35.0 Å². The molecule has 12 heteroatoms. The van der Waals surface area contributed by atoms with Crippen molar-refractivity contribution < 1.29 is 13.2 Å². The highest BCUT2D eigenvalue weighted by atomic mass is 35.5. The Kier molecular flexibility index (Phi) is 7.20. The van der Waals surface area contributed by atoms with Gasteiger partial charge in [-0.15, -0.1) is 0 Å². The van der Waals surface area contributed by atoms with Gasteiger partial charge < -0.3 is 5.32 Å². The number of carbonyl (C=O) groups excluding carboxylic acids is 1. The second-order valence-corrected chi connectivity index (χ2v) is 11.2. The fourth-order valence-corrected chi connectivity index (χ4v) is 4.95. The molecule has 1 amide bonds. The first-order chi connectivity index (χ1) is 16.5. The van der Waals surface area contributed by atoms with Gasteiger partial charge in [-0.25, -0.2) is 18.5 Å². The molecule has 4 rings (SSSR count). The number of nitrogens with one attached hydrogen (secondary N) is 1. The van der Waals surface area contributed by atoms with Crippen LogP contribution in [0.2, 0.25) is 10.0 Å². The fourth-order valence-electron chi connectivity index (χ4n) is 3.22. The Hall–Kier alpha value is -2.89. The number of nitrogens with zero attached hydrogens (tertiary/aromatic N) is 2. The van der Waals surface area contributed by atoms with Gasteiger partial charge in [0, 0.05) is 15.7 Å². The lowest BCUT2D eigenvalue weighted by atomic mass is 10.2. The van der Waals surface area contributed by atoms with Gasteiger partial charge in [-0.3, -0.25) is 14.2 Å². The van der Waals surface area contributed by atoms with Crippen LogP contribution < -0.4 is 16.0 Å². The number of primary sulfonamides is 1. The molecule has 35 heavy (non-hydrogen) atoms. The quantitative estimate of drug-likeness (QED) is 0.270. The van der Waals surface area contributed by atoms with Gasteiger partial charge in [0.15, 0.2) is 5.16 Å². The lowest BCUT2D eigenvalue weighted by molar-refractivity contribution is -0.115. The van der Waals surface area contributed by atoms with Crippen molar-refractivity contribution in [3.8, 4) is 5.69 Å². The summed E-state index contributed by atoms with van der Waals surface area (Å²) < 4.78 is 24.3. The summed E-state index contributed by atoms with van der Waals surface area (Å²) in [6.45, 7) is 1.67. The number of amides is 1. The number of anilines is 1. The minimum Gasteiger partial charge on any atom is -0.325 e. The molecule has 8 nitrogen and oxygen atoms in total. The van der Waals surface area contributed by atoms with Gasteiger partial charge in [0.05, 0.1) is 26.7 Å². The lowest BCUT2D eigenvalue weighted by Gasteiger charge is -2.17. The summed E-state index contributed by atoms with van der Waals surface area (Å²) in [5.74, 6) is -0.374. The second-order valence-electron chi connectivity index (χ2n) is 7.49. The van der Waals surface area contributed by atoms with Crippen molar-refractivity contribution in [2.75, 3.05) is 5.32 Å². The normalized spacial score (nSPS) is 12.5. The van der Waals surface area contributed by atoms with Crippen LogP contribution in [0.5, 0.6) is 0 Å². The summed E-state index contributed by atoms with van der Waals surface area (Å²) in [6, 6.07) is 17.0. The number of halogens is 2. The lowest BCUT2D eigenvalue weighted by Crippen LogP contribution is -2.26. The Bertz CT molecular complexity index is 1590. The van der Waals surface area contributed by atoms with E-state index in [1.54, 1.807) is 49.4 Å². The van der Waals surface area contributed by atoms with Crippen molar-refractivity contribution in [3.63, 3.8) is 0 Å². The molecule has 0 bridgehead atoms. The molecule has 3 aromatic carbocycles. The topological polar surface area (TPSA) is 124 Å². The van der Waals surface area contributed by atoms with E-state index < -0.39 is 15.3 Å². The molecule has 0 saturated carbocycles. The highest BCUT2D eigenvalue weighted by molar-refractivity contribution is 8.00. The Morgan fingerprint density at radius 1 is 1.03 bits per heavy atom. The number of aromatic nitrogens is 2. The van der Waals surface area contributed by atoms with Gasteiger partial charge in [-0.05, 0) is 73.7 Å². The minimum absolute atomic E-state index is 0.0658. The van der Waals surface area contributed by atoms with E-state index >= 15 is 0 Å². The van der Waals surface area contributed by atoms with Gasteiger partial charge in [0.25, 0.3) is 5.56 Å². The Morgan fingerprint density at radius 3 is 2.29 bits per heavy atom. The molecule has 0 aliphatic carbocycles. The number of carbonyl (C=O) groups is 1. The molecular weight excluding hydrogens is 531 g/mol. The maximum Gasteiger partial charge on any atom is 0.266 e. The third kappa shape index (κ3) is 5.68. The molecule has 0 aliphatic heterocycles. The summed E-state index contributed by atoms with van der Waals surface area (Å²) in [7, 11) is -3.84. The number of thioether (sulfide) groups is 1. The molecular formula is C23H18Cl2N4O4S2. The molecule has 1 aromatic heterocycles. The third-order valence-electron chi connectivity index (χ3n) is 4.99. The summed E-state index contributed by atoms with van der Waals surface area (Å²) in [5, 5.41) is 8.76. The minimum atomic E-state index is -3.84. The van der Waals surface area contributed by atoms with Crippen molar-refractivity contribution in [1.29, 1.82) is 0 Å². The van der Waals surface area contributed by atoms with Crippen molar-refractivity contribution >= 4 is 67.5 Å². The smallest absolute Gasteiger partial charge is 0.266 e. The van der Waals surface area contributed by atoms with Gasteiger partial charge in [-0.1, -0.05) is 35.0 Å². The molecule has 0 spiro atoms. The van der Waals surface area contributed by atoms with Crippen LogP contribution in [0.4, 0.5) is 5.69 Å². The van der Waals surface area contributed by atoms with Crippen molar-refractivity contribution in [3.05, 3.63) is 87.1 Å². The van der Waals surface area contributed by atoms with E-state index in [9.17, 15) is 18.0 Å². The maximum absolute atomic E-state index is 13.4. The fraction of sp³-hybridized carbons (Fsp3) is 0.0870. The Morgan fingerprint density at radius 2 is 1.66 bits per heavy atom. The van der Waals surface area contributed by atoms with Gasteiger partial charge in [0.2, 0.25) is 15.9 Å². The summed E-state index contributed by atoms with van der Waals surface area (Å²) in [4.78, 5) is 30.8. The van der Waals surface area contributed by atoms with Gasteiger partial charge >= 0.3 is 0 Å². The number of fused-ring (bicyclic) bond motifs is 1. The van der Waals surface area contributed by atoms with Crippen molar-refractivity contribution in [2.45, 2.75) is 22.2 Å². The molecule has 3 N–H and O–H groups in total. The standard InChI is InChI=1S/C23H18Cl2N4O4S2/c1-13(21(30)27-16-5-9-18(10-6-16)35(26,32)33)34-23-28-20-12-15(25)4-11-19(20)22(31)29(23)17-7-2-14(24)3-8-17/h2-13H,1H3,(H,27,30)(H2,26,32,33). The Labute approximate surface area is 215 Å². The largest absolute Gasteiger partial charge is 0.325 e. The predicted molar refractivity (Wildman–Crippen MR) is 139 cm³/mol. The zero-order valence-electron chi connectivity index (χ0n) is 18.1. The molecule has 1 heterocycles. The number of hydrogen-bond donors (Lipinski definition) is 2. The first kappa shape index (κ1) is 25.2. The monoisotopic (exact) mass is 548 g/mol. The van der Waals surface area contributed by atoms with E-state index in [-0.39, 0.29) is 16.4 Å². The number of nitrogens with two attached hydrogens (primary N) is 1. The molecule has 0 saturated heterocycles. The SMILES string of the molecule is CC(Sc1nc2cc(Cl)ccc2c(=O)n1-c1ccc(Cl)cc1)C(=O)Nc1ccc(S(N)(=O)=O)cc1. The van der Waals surface area contributed by atoms with Crippen LogP contribution in [0.1, 0.15) is 6.92 Å². The summed E-state index contributed by atoms with van der Waals surface area (Å²) in [5.41, 5.74) is 1.02. The zero-order chi connectivity index (χ0) is 25.3. The van der Waals surface area contributed by atoms with Crippen LogP contribution in [-0.2, 0) is 14.8 Å². The van der Waals surface area contributed by atoms with E-state index in [1.165, 1.54) is 28.8 Å². The van der Waals surface area contributed by atoms with Crippen LogP contribution in [-0.4, -0.2) is 29.1 Å². The van der Waals surface area contributed by atoms with E-state index in [0.29, 0.717) is 37.5 Å². The van der Waals surface area contributed by atoms with Crippen molar-refractivity contribution in [1.82, 2.24) is 9.55 Å². The first-order valence-corrected chi connectivity index (χ1v) is 13.3. The molecule has 4 aromatic rings. The molecule has 0 radical (unpaired) electrons. The molecule has 0 aliphatic rings. The summed E-state index contributed by atoms with van der Waals surface area (Å²) in [6.07, 6.45) is 0. The van der Waals surface area contributed by atoms with Crippen LogP contribution in [0.15, 0.2) is 81.6 Å². The molecule has 180 valence electrons. The molecule has 1 atom stereocenters. The molecule has 1 unspecified atom stereocenters. The highest BCUT2D eigenvalue weighted by Crippen LogP contribution is 2.27. The van der Waals surface area contributed by atoms with E-state index in [0.717, 1.165) is 11.8 Å². The number of sulfonamides is 1. The van der Waals surface area contributed by atoms with Gasteiger partial charge in [-0.2, -0.15) is 0 Å². The predicted octanol–water partition coefficient (Wildman–Crippen LogP) is 4.46. The van der Waals surface area contributed by atoms with Crippen molar-refractivity contribution in [2.24, 2.45) is 5.14 Å². The Balaban J connectivity index is 1.67. The zero-order valence-corrected chi connectivity index (χ0v) is 21.3. The first-order valence-electron chi connectivity index (χ1n) is 10.1. The third-order valence-corrected chi connectivity index (χ3v) is 7.46. The number of rotatable bonds is 6. The second kappa shape index (κ2) is 10.00. The highest BCUT2D eigenvalue weighted by Gasteiger charge is 2.21. The number of benzene rings is 3. The van der Waals surface area contributed by atoms with Crippen LogP contribution in [0.25, 0.3) is 16.6 Å². The molecule has 0 fully saturated rings. The van der Waals surface area contributed by atoms with E-state index in [1.807, 2.05) is 0 Å². The average molecular weight is 549 g/mol. The van der Waals surface area contributed by atoms with E-state index in [2.05, 4.69) is 10.3 Å². The van der Waals surface area contributed by atoms with Gasteiger partial charge in [0.1, 0.15) is 0 Å². The summed E-state index contributed by atoms with van der Waals surface area (Å²) >= 11 is 13.2. The number of hydrogen-bond acceptors (Lipinski definition) is 6. The average Bonchev–Trinajstić information content (AvgIpc) is 2.79. The van der Waals surface area contributed by atoms with Crippen LogP contribution in [0.3, 0.4) is 0 Å². The maximum atomic E-state index is 13.4.